The van der Waals surface area contributed by atoms with Crippen molar-refractivity contribution in [1.29, 1.82) is 0 Å². The Balaban J connectivity index is 1.32. The third-order valence-corrected chi connectivity index (χ3v) is 8.69. The van der Waals surface area contributed by atoms with Crippen molar-refractivity contribution in [2.24, 2.45) is 18.9 Å². The molecule has 0 spiro atoms. The van der Waals surface area contributed by atoms with Crippen molar-refractivity contribution in [2.45, 2.75) is 70.3 Å². The Morgan fingerprint density at radius 2 is 1.79 bits per heavy atom. The number of rotatable bonds is 7. The van der Waals surface area contributed by atoms with Gasteiger partial charge in [-0.3, -0.25) is 9.48 Å². The van der Waals surface area contributed by atoms with Crippen LogP contribution in [0.3, 0.4) is 0 Å². The first-order valence-electron chi connectivity index (χ1n) is 14.1. The maximum Gasteiger partial charge on any atom is 0.230 e. The van der Waals surface area contributed by atoms with E-state index in [-0.39, 0.29) is 17.9 Å². The Kier molecular flexibility index (Phi) is 8.18. The fourth-order valence-electron chi connectivity index (χ4n) is 6.38. The number of hydrogen-bond donors (Lipinski definition) is 1. The number of benzene rings is 2. The van der Waals surface area contributed by atoms with Gasteiger partial charge in [-0.05, 0) is 105 Å². The second-order valence-corrected chi connectivity index (χ2v) is 11.4. The highest BCUT2D eigenvalue weighted by Gasteiger charge is 2.32. The summed E-state index contributed by atoms with van der Waals surface area (Å²) in [6.45, 7) is 2.87. The van der Waals surface area contributed by atoms with Crippen LogP contribution in [-0.2, 0) is 11.8 Å². The predicted octanol–water partition coefficient (Wildman–Crippen LogP) is 6.26. The lowest BCUT2D eigenvalue weighted by Crippen LogP contribution is -2.41. The van der Waals surface area contributed by atoms with Crippen LogP contribution in [0.15, 0.2) is 54.9 Å². The van der Waals surface area contributed by atoms with E-state index in [0.717, 1.165) is 67.6 Å². The van der Waals surface area contributed by atoms with Crippen LogP contribution in [0.4, 0.5) is 5.69 Å². The molecule has 5 rings (SSSR count). The monoisotopic (exact) mass is 515 g/mol. The van der Waals surface area contributed by atoms with Crippen molar-refractivity contribution in [1.82, 2.24) is 9.78 Å². The van der Waals surface area contributed by atoms with Crippen molar-refractivity contribution in [3.63, 3.8) is 0 Å². The van der Waals surface area contributed by atoms with Gasteiger partial charge in [-0.15, -0.1) is 0 Å². The van der Waals surface area contributed by atoms with Gasteiger partial charge in [-0.1, -0.05) is 24.3 Å². The summed E-state index contributed by atoms with van der Waals surface area (Å²) in [7, 11) is 3.65. The number of carbonyl (C=O) groups excluding carboxylic acids is 1. The molecule has 1 aromatic heterocycles. The maximum absolute atomic E-state index is 13.9. The molecule has 0 radical (unpaired) electrons. The summed E-state index contributed by atoms with van der Waals surface area (Å²) in [6, 6.07) is 14.9. The van der Waals surface area contributed by atoms with Crippen molar-refractivity contribution in [3.8, 4) is 16.9 Å². The van der Waals surface area contributed by atoms with Crippen molar-refractivity contribution >= 4 is 11.6 Å². The molecular weight excluding hydrogens is 474 g/mol. The minimum atomic E-state index is -0.265. The number of aliphatic hydroxyl groups is 1. The standard InChI is InChI=1S/C32H41N3O3/c1-22-17-27(13-16-31(22)38-3)24-9-7-23(8-10-24)20-35(32(37)25-11-14-30(36)15-12-25)29-6-4-5-26(18-29)28-19-33-34(2)21-28/h4-6,13,16-19,21,23-25,30,36H,7-12,14-15,20H2,1-3H3. The predicted molar refractivity (Wildman–Crippen MR) is 151 cm³/mol. The van der Waals surface area contributed by atoms with Gasteiger partial charge >= 0.3 is 0 Å². The average molecular weight is 516 g/mol. The van der Waals surface area contributed by atoms with Gasteiger partial charge in [0.05, 0.1) is 19.4 Å². The summed E-state index contributed by atoms with van der Waals surface area (Å²) < 4.78 is 7.26. The normalized spacial score (nSPS) is 23.7. The van der Waals surface area contributed by atoms with Gasteiger partial charge in [0.2, 0.25) is 5.91 Å². The molecule has 1 heterocycles. The van der Waals surface area contributed by atoms with E-state index in [9.17, 15) is 9.90 Å². The largest absolute Gasteiger partial charge is 0.496 e. The number of aryl methyl sites for hydroxylation is 2. The third-order valence-electron chi connectivity index (χ3n) is 8.69. The molecule has 0 atom stereocenters. The summed E-state index contributed by atoms with van der Waals surface area (Å²) >= 11 is 0. The highest BCUT2D eigenvalue weighted by Crippen LogP contribution is 2.39. The van der Waals surface area contributed by atoms with E-state index in [1.165, 1.54) is 11.1 Å². The Morgan fingerprint density at radius 3 is 2.45 bits per heavy atom. The number of methoxy groups -OCH3 is 1. The number of aliphatic hydroxyl groups excluding tert-OH is 1. The molecule has 2 aliphatic carbocycles. The summed E-state index contributed by atoms with van der Waals surface area (Å²) in [6.07, 6.45) is 11.1. The molecule has 6 nitrogen and oxygen atoms in total. The summed E-state index contributed by atoms with van der Waals surface area (Å²) in [5.41, 5.74) is 5.69. The highest BCUT2D eigenvalue weighted by molar-refractivity contribution is 5.95. The fraction of sp³-hybridized carbons (Fsp3) is 0.500. The lowest BCUT2D eigenvalue weighted by Gasteiger charge is -2.36. The highest BCUT2D eigenvalue weighted by atomic mass is 16.5. The van der Waals surface area contributed by atoms with E-state index in [4.69, 9.17) is 4.74 Å². The quantitative estimate of drug-likeness (QED) is 0.403. The number of hydrogen-bond acceptors (Lipinski definition) is 4. The van der Waals surface area contributed by atoms with Crippen LogP contribution in [-0.4, -0.2) is 40.6 Å². The Hall–Kier alpha value is -3.12. The van der Waals surface area contributed by atoms with E-state index >= 15 is 0 Å². The third kappa shape index (κ3) is 5.96. The van der Waals surface area contributed by atoms with Crippen LogP contribution in [0.2, 0.25) is 0 Å². The van der Waals surface area contributed by atoms with E-state index < -0.39 is 0 Å². The van der Waals surface area contributed by atoms with Gasteiger partial charge in [-0.25, -0.2) is 0 Å². The van der Waals surface area contributed by atoms with Crippen molar-refractivity contribution < 1.29 is 14.6 Å². The van der Waals surface area contributed by atoms with Gasteiger partial charge < -0.3 is 14.7 Å². The molecule has 2 aromatic carbocycles. The minimum Gasteiger partial charge on any atom is -0.496 e. The smallest absolute Gasteiger partial charge is 0.230 e. The zero-order chi connectivity index (χ0) is 26.6. The van der Waals surface area contributed by atoms with Gasteiger partial charge in [-0.2, -0.15) is 5.10 Å². The summed E-state index contributed by atoms with van der Waals surface area (Å²) in [5, 5.41) is 14.3. The summed E-state index contributed by atoms with van der Waals surface area (Å²) in [4.78, 5) is 16.0. The van der Waals surface area contributed by atoms with Crippen LogP contribution in [0.25, 0.3) is 11.1 Å². The van der Waals surface area contributed by atoms with E-state index in [2.05, 4.69) is 53.3 Å². The first-order chi connectivity index (χ1) is 18.4. The lowest BCUT2D eigenvalue weighted by molar-refractivity contribution is -0.124. The van der Waals surface area contributed by atoms with Gasteiger partial charge in [0.15, 0.2) is 0 Å². The molecule has 3 aromatic rings. The molecule has 38 heavy (non-hydrogen) atoms. The average Bonchev–Trinajstić information content (AvgIpc) is 3.38. The molecule has 1 amide bonds. The molecular formula is C32H41N3O3. The van der Waals surface area contributed by atoms with Crippen LogP contribution >= 0.6 is 0 Å². The van der Waals surface area contributed by atoms with E-state index in [1.807, 2.05) is 25.5 Å². The van der Waals surface area contributed by atoms with Crippen LogP contribution in [0.5, 0.6) is 5.75 Å². The van der Waals surface area contributed by atoms with E-state index in [1.54, 1.807) is 11.8 Å². The second kappa shape index (κ2) is 11.7. The van der Waals surface area contributed by atoms with Crippen molar-refractivity contribution in [3.05, 3.63) is 66.0 Å². The first kappa shape index (κ1) is 26.5. The Morgan fingerprint density at radius 1 is 1.03 bits per heavy atom. The molecule has 0 unspecified atom stereocenters. The lowest BCUT2D eigenvalue weighted by atomic mass is 9.78. The Labute approximate surface area is 226 Å². The molecule has 2 fully saturated rings. The fourth-order valence-corrected chi connectivity index (χ4v) is 6.38. The maximum atomic E-state index is 13.9. The van der Waals surface area contributed by atoms with Gasteiger partial charge in [0.1, 0.15) is 5.75 Å². The topological polar surface area (TPSA) is 67.6 Å². The first-order valence-corrected chi connectivity index (χ1v) is 14.1. The van der Waals surface area contributed by atoms with Crippen molar-refractivity contribution in [2.75, 3.05) is 18.6 Å². The zero-order valence-corrected chi connectivity index (χ0v) is 23.0. The number of anilines is 1. The number of nitrogens with zero attached hydrogens (tertiary/aromatic N) is 3. The molecule has 0 saturated heterocycles. The van der Waals surface area contributed by atoms with Gasteiger partial charge in [0.25, 0.3) is 0 Å². The number of amides is 1. The van der Waals surface area contributed by atoms with Crippen LogP contribution in [0, 0.1) is 18.8 Å². The van der Waals surface area contributed by atoms with Gasteiger partial charge in [0, 0.05) is 37.0 Å². The number of carbonyl (C=O) groups is 1. The van der Waals surface area contributed by atoms with E-state index in [0.29, 0.717) is 24.7 Å². The molecule has 6 heteroatoms. The van der Waals surface area contributed by atoms with Crippen LogP contribution in [0.1, 0.15) is 68.4 Å². The molecule has 2 saturated carbocycles. The number of ether oxygens (including phenoxy) is 1. The zero-order valence-electron chi connectivity index (χ0n) is 23.0. The molecule has 0 bridgehead atoms. The molecule has 1 N–H and O–H groups in total. The SMILES string of the molecule is COc1ccc(C2CCC(CN(C(=O)C3CCC(O)CC3)c3cccc(-c4cnn(C)c4)c3)CC2)cc1C. The molecule has 202 valence electrons. The molecule has 0 aliphatic heterocycles. The van der Waals surface area contributed by atoms with Crippen LogP contribution < -0.4 is 9.64 Å². The number of aromatic nitrogens is 2. The molecule has 2 aliphatic rings. The second-order valence-electron chi connectivity index (χ2n) is 11.4. The Bertz CT molecular complexity index is 1240. The minimum absolute atomic E-state index is 0.0148. The summed E-state index contributed by atoms with van der Waals surface area (Å²) in [5.74, 6) is 2.19.